The Morgan fingerprint density at radius 2 is 1.68 bits per heavy atom. The summed E-state index contributed by atoms with van der Waals surface area (Å²) in [5.41, 5.74) is 1.06. The van der Waals surface area contributed by atoms with Crippen LogP contribution in [0.15, 0.2) is 48.8 Å². The second-order valence-electron chi connectivity index (χ2n) is 7.18. The van der Waals surface area contributed by atoms with Gasteiger partial charge in [-0.25, -0.2) is 9.78 Å². The quantitative estimate of drug-likeness (QED) is 0.451. The van der Waals surface area contributed by atoms with Crippen molar-refractivity contribution in [2.45, 2.75) is 6.04 Å². The molecule has 0 aliphatic carbocycles. The van der Waals surface area contributed by atoms with Crippen LogP contribution in [0.1, 0.15) is 27.8 Å². The van der Waals surface area contributed by atoms with Crippen molar-refractivity contribution in [2.75, 3.05) is 35.0 Å². The zero-order chi connectivity index (χ0) is 24.7. The number of imidazole rings is 1. The number of esters is 1. The van der Waals surface area contributed by atoms with Gasteiger partial charge in [-0.15, -0.1) is 0 Å². The summed E-state index contributed by atoms with van der Waals surface area (Å²) in [6.07, 6.45) is 3.45. The Balaban J connectivity index is 1.92. The van der Waals surface area contributed by atoms with Gasteiger partial charge in [0, 0.05) is 31.1 Å². The molecular formula is C24H27N3O7. The van der Waals surface area contributed by atoms with Gasteiger partial charge in [-0.05, 0) is 35.9 Å². The molecule has 0 bridgehead atoms. The third-order valence-corrected chi connectivity index (χ3v) is 5.10. The number of ether oxygens (including phenoxy) is 5. The van der Waals surface area contributed by atoms with Crippen LogP contribution in [-0.4, -0.2) is 56.5 Å². The molecule has 10 nitrogen and oxygen atoms in total. The van der Waals surface area contributed by atoms with Crippen LogP contribution < -0.4 is 24.3 Å². The minimum absolute atomic E-state index is 0.280. The van der Waals surface area contributed by atoms with Crippen LogP contribution in [0.5, 0.6) is 23.0 Å². The molecule has 180 valence electrons. The summed E-state index contributed by atoms with van der Waals surface area (Å²) in [6, 6.07) is 9.44. The van der Waals surface area contributed by atoms with Crippen LogP contribution in [0.3, 0.4) is 0 Å². The van der Waals surface area contributed by atoms with Gasteiger partial charge in [0.25, 0.3) is 5.91 Å². The highest BCUT2D eigenvalue weighted by molar-refractivity contribution is 5.95. The van der Waals surface area contributed by atoms with E-state index in [4.69, 9.17) is 18.9 Å². The minimum Gasteiger partial charge on any atom is -0.497 e. The summed E-state index contributed by atoms with van der Waals surface area (Å²) in [5, 5.41) is 3.02. The fraction of sp³-hybridized carbons (Fsp3) is 0.292. The van der Waals surface area contributed by atoms with Crippen LogP contribution in [0.4, 0.5) is 0 Å². The van der Waals surface area contributed by atoms with Crippen molar-refractivity contribution in [3.63, 3.8) is 0 Å². The van der Waals surface area contributed by atoms with Crippen molar-refractivity contribution in [1.82, 2.24) is 14.9 Å². The summed E-state index contributed by atoms with van der Waals surface area (Å²) in [7, 11) is 7.68. The van der Waals surface area contributed by atoms with E-state index in [-0.39, 0.29) is 12.5 Å². The number of hydrogen-bond donors (Lipinski definition) is 1. The molecule has 0 aliphatic heterocycles. The second kappa shape index (κ2) is 11.1. The predicted octanol–water partition coefficient (Wildman–Crippen LogP) is 2.52. The lowest BCUT2D eigenvalue weighted by Gasteiger charge is -2.21. The zero-order valence-corrected chi connectivity index (χ0v) is 19.7. The molecule has 1 heterocycles. The molecule has 0 saturated carbocycles. The molecule has 2 aromatic carbocycles. The molecule has 34 heavy (non-hydrogen) atoms. The van der Waals surface area contributed by atoms with E-state index in [1.165, 1.54) is 20.3 Å². The maximum absolute atomic E-state index is 13.3. The summed E-state index contributed by atoms with van der Waals surface area (Å²) in [4.78, 5) is 29.0. The highest BCUT2D eigenvalue weighted by Gasteiger charge is 2.24. The third kappa shape index (κ3) is 5.58. The van der Waals surface area contributed by atoms with Gasteiger partial charge in [-0.3, -0.25) is 4.79 Å². The molecule has 3 aromatic rings. The van der Waals surface area contributed by atoms with E-state index in [0.717, 1.165) is 5.56 Å². The normalized spacial score (nSPS) is 11.3. The van der Waals surface area contributed by atoms with Gasteiger partial charge in [-0.1, -0.05) is 0 Å². The highest BCUT2D eigenvalue weighted by Crippen LogP contribution is 2.31. The first-order valence-electron chi connectivity index (χ1n) is 10.3. The Morgan fingerprint density at radius 3 is 2.24 bits per heavy atom. The van der Waals surface area contributed by atoms with Gasteiger partial charge in [0.15, 0.2) is 18.1 Å². The lowest BCUT2D eigenvalue weighted by molar-refractivity contribution is -0.142. The van der Waals surface area contributed by atoms with E-state index in [2.05, 4.69) is 15.0 Å². The summed E-state index contributed by atoms with van der Waals surface area (Å²) in [6.45, 7) is -0.280. The smallest absolute Gasteiger partial charge is 0.343 e. The SMILES string of the molecule is COC(=O)COc1ccc(C(=O)NC(c2cc(OC)cc(OC)c2)c2nccn2C)cc1OC. The molecule has 3 rings (SSSR count). The Morgan fingerprint density at radius 1 is 0.971 bits per heavy atom. The number of amides is 1. The number of carbonyl (C=O) groups is 2. The van der Waals surface area contributed by atoms with E-state index in [1.54, 1.807) is 44.8 Å². The maximum atomic E-state index is 13.3. The van der Waals surface area contributed by atoms with Gasteiger partial charge in [-0.2, -0.15) is 0 Å². The number of carbonyl (C=O) groups excluding carboxylic acids is 2. The fourth-order valence-electron chi connectivity index (χ4n) is 3.29. The van der Waals surface area contributed by atoms with Gasteiger partial charge >= 0.3 is 5.97 Å². The van der Waals surface area contributed by atoms with Gasteiger partial charge < -0.3 is 33.6 Å². The molecule has 0 radical (unpaired) electrons. The number of aromatic nitrogens is 2. The van der Waals surface area contributed by atoms with Gasteiger partial charge in [0.05, 0.1) is 28.4 Å². The average Bonchev–Trinajstić information content (AvgIpc) is 3.30. The molecule has 1 unspecified atom stereocenters. The lowest BCUT2D eigenvalue weighted by atomic mass is 10.0. The van der Waals surface area contributed by atoms with E-state index in [9.17, 15) is 9.59 Å². The standard InChI is InChI=1S/C24H27N3O7/c1-27-9-8-25-23(27)22(16-10-17(30-2)13-18(11-16)31-3)26-24(29)15-6-7-19(20(12-15)32-4)34-14-21(28)33-5/h6-13,22H,14H2,1-5H3,(H,26,29). The summed E-state index contributed by atoms with van der Waals surface area (Å²) >= 11 is 0. The Kier molecular flexibility index (Phi) is 7.96. The van der Waals surface area contributed by atoms with Gasteiger partial charge in [0.1, 0.15) is 23.4 Å². The van der Waals surface area contributed by atoms with Gasteiger partial charge in [0.2, 0.25) is 0 Å². The minimum atomic E-state index is -0.599. The number of rotatable bonds is 10. The lowest BCUT2D eigenvalue weighted by Crippen LogP contribution is -2.31. The molecule has 1 amide bonds. The largest absolute Gasteiger partial charge is 0.497 e. The van der Waals surface area contributed by atoms with Crippen LogP contribution in [0.25, 0.3) is 0 Å². The first-order chi connectivity index (χ1) is 16.4. The first-order valence-corrected chi connectivity index (χ1v) is 10.3. The average molecular weight is 469 g/mol. The summed E-state index contributed by atoms with van der Waals surface area (Å²) in [5.74, 6) is 1.49. The number of aryl methyl sites for hydroxylation is 1. The van der Waals surface area contributed by atoms with Crippen LogP contribution in [0, 0.1) is 0 Å². The third-order valence-electron chi connectivity index (χ3n) is 5.10. The molecule has 0 fully saturated rings. The number of nitrogens with one attached hydrogen (secondary N) is 1. The number of methoxy groups -OCH3 is 4. The van der Waals surface area contributed by atoms with Crippen LogP contribution in [-0.2, 0) is 16.6 Å². The van der Waals surface area contributed by atoms with Crippen molar-refractivity contribution in [1.29, 1.82) is 0 Å². The fourth-order valence-corrected chi connectivity index (χ4v) is 3.29. The molecule has 0 saturated heterocycles. The first kappa shape index (κ1) is 24.4. The monoisotopic (exact) mass is 469 g/mol. The molecule has 1 atom stereocenters. The van der Waals surface area contributed by atoms with E-state index >= 15 is 0 Å². The topological polar surface area (TPSA) is 110 Å². The van der Waals surface area contributed by atoms with Crippen molar-refractivity contribution in [3.8, 4) is 23.0 Å². The highest BCUT2D eigenvalue weighted by atomic mass is 16.6. The Hall–Kier alpha value is -4.21. The van der Waals surface area contributed by atoms with Crippen molar-refractivity contribution >= 4 is 11.9 Å². The van der Waals surface area contributed by atoms with Crippen molar-refractivity contribution in [2.24, 2.45) is 7.05 Å². The Bertz CT molecular complexity index is 1140. The zero-order valence-electron chi connectivity index (χ0n) is 19.7. The number of hydrogen-bond acceptors (Lipinski definition) is 8. The number of nitrogens with zero attached hydrogens (tertiary/aromatic N) is 2. The maximum Gasteiger partial charge on any atom is 0.343 e. The van der Waals surface area contributed by atoms with Crippen molar-refractivity contribution < 1.29 is 33.3 Å². The molecule has 1 aromatic heterocycles. The molecule has 0 aliphatic rings. The second-order valence-corrected chi connectivity index (χ2v) is 7.18. The van der Waals surface area contributed by atoms with E-state index in [1.807, 2.05) is 23.7 Å². The summed E-state index contributed by atoms with van der Waals surface area (Å²) < 4.78 is 27.9. The Labute approximate surface area is 197 Å². The molecular weight excluding hydrogens is 442 g/mol. The molecule has 1 N–H and O–H groups in total. The molecule has 10 heteroatoms. The van der Waals surface area contributed by atoms with E-state index < -0.39 is 12.0 Å². The molecule has 0 spiro atoms. The predicted molar refractivity (Wildman–Crippen MR) is 123 cm³/mol. The van der Waals surface area contributed by atoms with E-state index in [0.29, 0.717) is 34.4 Å². The number of benzene rings is 2. The van der Waals surface area contributed by atoms with Crippen LogP contribution >= 0.6 is 0 Å². The van der Waals surface area contributed by atoms with Crippen LogP contribution in [0.2, 0.25) is 0 Å². The van der Waals surface area contributed by atoms with Crippen molar-refractivity contribution in [3.05, 3.63) is 65.7 Å².